The molecule has 1 aliphatic rings. The van der Waals surface area contributed by atoms with E-state index in [1.807, 2.05) is 57.2 Å². The third-order valence-electron chi connectivity index (χ3n) is 5.62. The minimum Gasteiger partial charge on any atom is -0.503 e. The summed E-state index contributed by atoms with van der Waals surface area (Å²) in [5.41, 5.74) is 3.69. The highest BCUT2D eigenvalue weighted by Gasteiger charge is 2.46. The summed E-state index contributed by atoms with van der Waals surface area (Å²) in [7, 11) is 1.54. The summed E-state index contributed by atoms with van der Waals surface area (Å²) in [5.74, 6) is -1.03. The van der Waals surface area contributed by atoms with Gasteiger partial charge in [-0.2, -0.15) is 0 Å². The van der Waals surface area contributed by atoms with Crippen LogP contribution in [-0.2, 0) is 4.79 Å². The Labute approximate surface area is 190 Å². The summed E-state index contributed by atoms with van der Waals surface area (Å²) in [4.78, 5) is 33.3. The molecule has 0 bridgehead atoms. The molecular formula is C25H24N2O4S. The number of aromatic nitrogens is 1. The van der Waals surface area contributed by atoms with E-state index in [1.54, 1.807) is 20.1 Å². The first-order valence-electron chi connectivity index (χ1n) is 10.2. The number of ketones is 1. The molecule has 0 saturated carbocycles. The van der Waals surface area contributed by atoms with E-state index in [1.165, 1.54) is 16.2 Å². The molecule has 164 valence electrons. The lowest BCUT2D eigenvalue weighted by molar-refractivity contribution is -0.117. The fourth-order valence-electron chi connectivity index (χ4n) is 4.12. The van der Waals surface area contributed by atoms with E-state index in [9.17, 15) is 14.7 Å². The van der Waals surface area contributed by atoms with Crippen molar-refractivity contribution in [2.24, 2.45) is 0 Å². The molecule has 1 aliphatic heterocycles. The SMILES string of the molecule is COc1ccccc1C1C(C(=O)c2sc(C)nc2C)=C(O)C(=O)N1c1cc(C)ccc1C. The maximum absolute atomic E-state index is 13.7. The van der Waals surface area contributed by atoms with E-state index >= 15 is 0 Å². The van der Waals surface area contributed by atoms with Crippen LogP contribution in [0.25, 0.3) is 0 Å². The van der Waals surface area contributed by atoms with Crippen molar-refractivity contribution in [2.45, 2.75) is 33.7 Å². The molecule has 1 N–H and O–H groups in total. The number of aliphatic hydroxyl groups is 1. The average molecular weight is 449 g/mol. The number of hydrogen-bond donors (Lipinski definition) is 1. The van der Waals surface area contributed by atoms with Gasteiger partial charge in [-0.25, -0.2) is 4.98 Å². The number of aryl methyl sites for hydroxylation is 4. The highest BCUT2D eigenvalue weighted by molar-refractivity contribution is 7.14. The molecular weight excluding hydrogens is 424 g/mol. The van der Waals surface area contributed by atoms with Gasteiger partial charge >= 0.3 is 0 Å². The number of ether oxygens (including phenoxy) is 1. The Morgan fingerprint density at radius 1 is 1.12 bits per heavy atom. The predicted molar refractivity (Wildman–Crippen MR) is 125 cm³/mol. The van der Waals surface area contributed by atoms with Crippen LogP contribution in [0.1, 0.15) is 43.1 Å². The average Bonchev–Trinajstić information content (AvgIpc) is 3.24. The Hall–Kier alpha value is -3.45. The van der Waals surface area contributed by atoms with Crippen molar-refractivity contribution in [1.29, 1.82) is 0 Å². The third-order valence-corrected chi connectivity index (χ3v) is 6.69. The molecule has 0 aliphatic carbocycles. The first-order valence-corrected chi connectivity index (χ1v) is 11.0. The predicted octanol–water partition coefficient (Wildman–Crippen LogP) is 5.17. The zero-order valence-electron chi connectivity index (χ0n) is 18.6. The van der Waals surface area contributed by atoms with Gasteiger partial charge in [-0.15, -0.1) is 11.3 Å². The molecule has 0 radical (unpaired) electrons. The summed E-state index contributed by atoms with van der Waals surface area (Å²) in [6.45, 7) is 7.41. The number of nitrogens with zero attached hydrogens (tertiary/aromatic N) is 2. The number of rotatable bonds is 5. The molecule has 2 aromatic carbocycles. The Bertz CT molecular complexity index is 1270. The normalized spacial score (nSPS) is 16.1. The number of Topliss-reactive ketones (excluding diaryl/α,β-unsaturated/α-hetero) is 1. The lowest BCUT2D eigenvalue weighted by Crippen LogP contribution is -2.32. The summed E-state index contributed by atoms with van der Waals surface area (Å²) in [6.07, 6.45) is 0. The van der Waals surface area contributed by atoms with Crippen LogP contribution in [0.4, 0.5) is 5.69 Å². The summed E-state index contributed by atoms with van der Waals surface area (Å²) < 4.78 is 5.56. The van der Waals surface area contributed by atoms with Gasteiger partial charge in [0.05, 0.1) is 34.3 Å². The molecule has 0 saturated heterocycles. The zero-order valence-corrected chi connectivity index (χ0v) is 19.4. The number of aliphatic hydroxyl groups excluding tert-OH is 1. The summed E-state index contributed by atoms with van der Waals surface area (Å²) in [6, 6.07) is 12.2. The van der Waals surface area contributed by atoms with E-state index in [-0.39, 0.29) is 5.57 Å². The standard InChI is InChI=1S/C25H24N2O4S/c1-13-10-11-14(2)18(12-13)27-21(17-8-6-7-9-19(17)31-5)20(23(29)25(27)30)22(28)24-15(3)26-16(4)32-24/h6-12,21,29H,1-5H3. The van der Waals surface area contributed by atoms with Crippen LogP contribution >= 0.6 is 11.3 Å². The van der Waals surface area contributed by atoms with Crippen molar-refractivity contribution in [3.8, 4) is 5.75 Å². The molecule has 1 atom stereocenters. The van der Waals surface area contributed by atoms with Crippen molar-refractivity contribution < 1.29 is 19.4 Å². The van der Waals surface area contributed by atoms with Gasteiger partial charge in [0, 0.05) is 11.3 Å². The Morgan fingerprint density at radius 3 is 2.50 bits per heavy atom. The van der Waals surface area contributed by atoms with Gasteiger partial charge in [0.2, 0.25) is 5.78 Å². The molecule has 3 aromatic rings. The van der Waals surface area contributed by atoms with Gasteiger partial charge in [-0.05, 0) is 51.0 Å². The minimum atomic E-state index is -0.839. The number of amides is 1. The summed E-state index contributed by atoms with van der Waals surface area (Å²) >= 11 is 1.26. The molecule has 1 unspecified atom stereocenters. The number of carbonyl (C=O) groups excluding carboxylic acids is 2. The van der Waals surface area contributed by atoms with Crippen molar-refractivity contribution in [2.75, 3.05) is 12.0 Å². The monoisotopic (exact) mass is 448 g/mol. The first kappa shape index (κ1) is 21.8. The lowest BCUT2D eigenvalue weighted by atomic mass is 9.93. The van der Waals surface area contributed by atoms with Crippen molar-refractivity contribution in [3.63, 3.8) is 0 Å². The molecule has 1 amide bonds. The van der Waals surface area contributed by atoms with Gasteiger partial charge in [-0.3, -0.25) is 14.5 Å². The van der Waals surface area contributed by atoms with Gasteiger partial charge in [-0.1, -0.05) is 30.3 Å². The minimum absolute atomic E-state index is 0.0344. The van der Waals surface area contributed by atoms with Gasteiger partial charge < -0.3 is 9.84 Å². The van der Waals surface area contributed by atoms with Crippen LogP contribution in [0.2, 0.25) is 0 Å². The van der Waals surface area contributed by atoms with Crippen molar-refractivity contribution in [1.82, 2.24) is 4.98 Å². The van der Waals surface area contributed by atoms with Crippen LogP contribution in [-0.4, -0.2) is 28.9 Å². The number of carbonyl (C=O) groups is 2. The molecule has 0 fully saturated rings. The zero-order chi connectivity index (χ0) is 23.2. The van der Waals surface area contributed by atoms with E-state index in [0.717, 1.165) is 16.1 Å². The van der Waals surface area contributed by atoms with Crippen LogP contribution in [0.15, 0.2) is 53.8 Å². The molecule has 4 rings (SSSR count). The Balaban J connectivity index is 1.97. The second-order valence-electron chi connectivity index (χ2n) is 7.85. The van der Waals surface area contributed by atoms with E-state index < -0.39 is 23.5 Å². The van der Waals surface area contributed by atoms with Crippen LogP contribution < -0.4 is 9.64 Å². The smallest absolute Gasteiger partial charge is 0.294 e. The molecule has 1 aromatic heterocycles. The van der Waals surface area contributed by atoms with E-state index in [2.05, 4.69) is 4.98 Å². The highest BCUT2D eigenvalue weighted by atomic mass is 32.1. The number of hydrogen-bond acceptors (Lipinski definition) is 6. The highest BCUT2D eigenvalue weighted by Crippen LogP contribution is 2.46. The molecule has 0 spiro atoms. The van der Waals surface area contributed by atoms with Crippen molar-refractivity contribution >= 4 is 28.7 Å². The van der Waals surface area contributed by atoms with Crippen molar-refractivity contribution in [3.05, 3.63) is 86.1 Å². The molecule has 32 heavy (non-hydrogen) atoms. The van der Waals surface area contributed by atoms with Gasteiger partial charge in [0.1, 0.15) is 5.75 Å². The van der Waals surface area contributed by atoms with Crippen LogP contribution in [0.3, 0.4) is 0 Å². The number of methoxy groups -OCH3 is 1. The molecule has 6 nitrogen and oxygen atoms in total. The maximum Gasteiger partial charge on any atom is 0.294 e. The van der Waals surface area contributed by atoms with E-state index in [0.29, 0.717) is 27.6 Å². The number of para-hydroxylation sites is 1. The molecule has 7 heteroatoms. The topological polar surface area (TPSA) is 79.7 Å². The summed E-state index contributed by atoms with van der Waals surface area (Å²) in [5, 5.41) is 11.7. The third kappa shape index (κ3) is 3.48. The fraction of sp³-hybridized carbons (Fsp3) is 0.240. The molecule has 2 heterocycles. The maximum atomic E-state index is 13.7. The number of benzene rings is 2. The number of thiazole rings is 1. The van der Waals surface area contributed by atoms with Gasteiger partial charge in [0.15, 0.2) is 5.76 Å². The second kappa shape index (κ2) is 8.24. The van der Waals surface area contributed by atoms with Crippen LogP contribution in [0, 0.1) is 27.7 Å². The number of anilines is 1. The van der Waals surface area contributed by atoms with Crippen LogP contribution in [0.5, 0.6) is 5.75 Å². The second-order valence-corrected chi connectivity index (χ2v) is 9.05. The van der Waals surface area contributed by atoms with Gasteiger partial charge in [0.25, 0.3) is 5.91 Å². The quantitative estimate of drug-likeness (QED) is 0.545. The largest absolute Gasteiger partial charge is 0.503 e. The lowest BCUT2D eigenvalue weighted by Gasteiger charge is -2.29. The first-order chi connectivity index (χ1) is 15.2. The van der Waals surface area contributed by atoms with E-state index in [4.69, 9.17) is 4.74 Å². The fourth-order valence-corrected chi connectivity index (χ4v) is 4.99. The Kier molecular flexibility index (Phi) is 5.60. The Morgan fingerprint density at radius 2 is 1.84 bits per heavy atom.